The molecule has 0 N–H and O–H groups in total. The van der Waals surface area contributed by atoms with Crippen LogP contribution in [0.3, 0.4) is 0 Å². The molecule has 4 aromatic carbocycles. The van der Waals surface area contributed by atoms with Crippen molar-refractivity contribution in [3.63, 3.8) is 0 Å². The van der Waals surface area contributed by atoms with Gasteiger partial charge in [0.25, 0.3) is 0 Å². The molecule has 244 valence electrons. The molecule has 2 heterocycles. The van der Waals surface area contributed by atoms with Gasteiger partial charge in [-0.05, 0) is 28.2 Å². The topological polar surface area (TPSA) is 90.7 Å². The van der Waals surface area contributed by atoms with Gasteiger partial charge in [-0.15, -0.1) is 0 Å². The van der Waals surface area contributed by atoms with Crippen LogP contribution in [0.1, 0.15) is 48.2 Å². The number of rotatable bonds is 12. The van der Waals surface area contributed by atoms with Gasteiger partial charge in [-0.3, -0.25) is 9.59 Å². The fraction of sp³-hybridized carbons (Fsp3) is 0.250. The van der Waals surface area contributed by atoms with E-state index in [-0.39, 0.29) is 32.0 Å². The summed E-state index contributed by atoms with van der Waals surface area (Å²) in [7, 11) is 0. The average molecular weight is 642 g/mol. The first-order valence-corrected chi connectivity index (χ1v) is 16.3. The minimum Gasteiger partial charge on any atom is -0.461 e. The molecule has 48 heavy (non-hydrogen) atoms. The molecule has 0 bridgehead atoms. The van der Waals surface area contributed by atoms with Crippen LogP contribution in [0.25, 0.3) is 0 Å². The third kappa shape index (κ3) is 6.65. The van der Waals surface area contributed by atoms with Crippen LogP contribution in [0.15, 0.2) is 134 Å². The Morgan fingerprint density at radius 1 is 0.833 bits per heavy atom. The lowest BCUT2D eigenvalue weighted by molar-refractivity contribution is -0.149. The Hall–Kier alpha value is -5.50. The van der Waals surface area contributed by atoms with Gasteiger partial charge in [-0.1, -0.05) is 135 Å². The molecule has 2 atom stereocenters. The molecule has 1 aliphatic heterocycles. The second kappa shape index (κ2) is 14.5. The summed E-state index contributed by atoms with van der Waals surface area (Å²) in [4.78, 5) is 46.2. The van der Waals surface area contributed by atoms with Crippen molar-refractivity contribution >= 4 is 18.0 Å². The van der Waals surface area contributed by atoms with E-state index in [0.717, 1.165) is 22.3 Å². The summed E-state index contributed by atoms with van der Waals surface area (Å²) in [6.07, 6.45) is 2.93. The molecule has 1 aliphatic rings. The molecule has 0 aliphatic carbocycles. The molecule has 1 aromatic heterocycles. The molecular weight excluding hydrogens is 602 g/mol. The van der Waals surface area contributed by atoms with E-state index in [9.17, 15) is 14.4 Å². The molecule has 8 nitrogen and oxygen atoms in total. The summed E-state index contributed by atoms with van der Waals surface area (Å²) in [6, 6.07) is 39.6. The highest BCUT2D eigenvalue weighted by atomic mass is 16.6. The molecule has 1 saturated heterocycles. The van der Waals surface area contributed by atoms with Crippen LogP contribution in [0, 0.1) is 11.8 Å². The standard InChI is InChI=1S/C40H39N3O5/c1-29(2)36-27-48-39(46)43(36)38(45)31(24-37(44)47-26-30-15-7-3-8-16-30)23-35-25-42(28-41-35)40(32-17-9-4-10-18-32,33-19-11-5-12-20-33)34-21-13-6-14-22-34/h3-22,25,28-29,31,36H,23-24,26-27H2,1-2H3/t31?,36-/m1/s1. The largest absolute Gasteiger partial charge is 0.461 e. The van der Waals surface area contributed by atoms with Gasteiger partial charge in [0.15, 0.2) is 0 Å². The fourth-order valence-corrected chi connectivity index (χ4v) is 6.51. The Bertz CT molecular complexity index is 1730. The SMILES string of the molecule is CC(C)[C@H]1COC(=O)N1C(=O)C(CC(=O)OCc1ccccc1)Cc1cn(C(c2ccccc2)(c2ccccc2)c2ccccc2)cn1. The highest BCUT2D eigenvalue weighted by Gasteiger charge is 2.43. The van der Waals surface area contributed by atoms with Crippen molar-refractivity contribution in [2.24, 2.45) is 11.8 Å². The number of carbonyl (C=O) groups excluding carboxylic acids is 3. The summed E-state index contributed by atoms with van der Waals surface area (Å²) in [6.45, 7) is 4.08. The fourth-order valence-electron chi connectivity index (χ4n) is 6.51. The molecule has 0 spiro atoms. The lowest BCUT2D eigenvalue weighted by Gasteiger charge is -2.37. The van der Waals surface area contributed by atoms with Crippen molar-refractivity contribution in [1.82, 2.24) is 14.5 Å². The predicted octanol–water partition coefficient (Wildman–Crippen LogP) is 7.02. The van der Waals surface area contributed by atoms with Gasteiger partial charge in [-0.25, -0.2) is 14.7 Å². The van der Waals surface area contributed by atoms with Crippen molar-refractivity contribution < 1.29 is 23.9 Å². The molecule has 0 radical (unpaired) electrons. The van der Waals surface area contributed by atoms with E-state index in [4.69, 9.17) is 14.5 Å². The van der Waals surface area contributed by atoms with Crippen molar-refractivity contribution in [1.29, 1.82) is 0 Å². The van der Waals surface area contributed by atoms with E-state index in [2.05, 4.69) is 41.0 Å². The van der Waals surface area contributed by atoms with Gasteiger partial charge >= 0.3 is 12.1 Å². The van der Waals surface area contributed by atoms with Crippen molar-refractivity contribution in [2.75, 3.05) is 6.61 Å². The molecule has 8 heteroatoms. The number of amides is 2. The zero-order chi connectivity index (χ0) is 33.5. The number of esters is 1. The van der Waals surface area contributed by atoms with E-state index in [1.807, 2.05) is 105 Å². The van der Waals surface area contributed by atoms with E-state index >= 15 is 0 Å². The van der Waals surface area contributed by atoms with Gasteiger partial charge in [0.05, 0.1) is 30.4 Å². The zero-order valence-corrected chi connectivity index (χ0v) is 27.1. The Kier molecular flexibility index (Phi) is 9.80. The predicted molar refractivity (Wildman–Crippen MR) is 182 cm³/mol. The summed E-state index contributed by atoms with van der Waals surface area (Å²) in [5, 5.41) is 0. The number of hydrogen-bond donors (Lipinski definition) is 0. The monoisotopic (exact) mass is 641 g/mol. The van der Waals surface area contributed by atoms with E-state index in [1.165, 1.54) is 4.90 Å². The van der Waals surface area contributed by atoms with E-state index < -0.39 is 35.5 Å². The summed E-state index contributed by atoms with van der Waals surface area (Å²) >= 11 is 0. The summed E-state index contributed by atoms with van der Waals surface area (Å²) < 4.78 is 13.0. The van der Waals surface area contributed by atoms with Crippen molar-refractivity contribution in [3.8, 4) is 0 Å². The first kappa shape index (κ1) is 32.4. The lowest BCUT2D eigenvalue weighted by atomic mass is 9.77. The van der Waals surface area contributed by atoms with Crippen LogP contribution in [0.2, 0.25) is 0 Å². The number of imide groups is 1. The minimum absolute atomic E-state index is 0.0199. The van der Waals surface area contributed by atoms with Gasteiger partial charge in [-0.2, -0.15) is 0 Å². The Labute approximate surface area is 281 Å². The van der Waals surface area contributed by atoms with Crippen LogP contribution in [0.4, 0.5) is 4.79 Å². The number of imidazole rings is 1. The van der Waals surface area contributed by atoms with Crippen LogP contribution >= 0.6 is 0 Å². The number of carbonyl (C=O) groups is 3. The van der Waals surface area contributed by atoms with Gasteiger partial charge in [0.2, 0.25) is 5.91 Å². The van der Waals surface area contributed by atoms with Crippen LogP contribution < -0.4 is 0 Å². The van der Waals surface area contributed by atoms with Gasteiger partial charge in [0, 0.05) is 12.6 Å². The molecule has 1 fully saturated rings. The molecule has 2 amide bonds. The molecule has 0 saturated carbocycles. The normalized spacial score (nSPS) is 15.3. The first-order chi connectivity index (χ1) is 23.4. The number of benzene rings is 4. The number of ether oxygens (including phenoxy) is 2. The number of hydrogen-bond acceptors (Lipinski definition) is 6. The smallest absolute Gasteiger partial charge is 0.416 e. The number of nitrogens with zero attached hydrogens (tertiary/aromatic N) is 3. The average Bonchev–Trinajstić information content (AvgIpc) is 3.76. The minimum atomic E-state index is -0.900. The summed E-state index contributed by atoms with van der Waals surface area (Å²) in [5.41, 5.74) is 3.75. The van der Waals surface area contributed by atoms with Gasteiger partial charge < -0.3 is 14.0 Å². The summed E-state index contributed by atoms with van der Waals surface area (Å²) in [5.74, 6) is -1.92. The maximum atomic E-state index is 14.1. The highest BCUT2D eigenvalue weighted by Crippen LogP contribution is 2.41. The first-order valence-electron chi connectivity index (χ1n) is 16.3. The van der Waals surface area contributed by atoms with E-state index in [1.54, 1.807) is 6.33 Å². The third-order valence-corrected chi connectivity index (χ3v) is 8.97. The second-order valence-electron chi connectivity index (χ2n) is 12.4. The highest BCUT2D eigenvalue weighted by molar-refractivity contribution is 5.96. The number of cyclic esters (lactones) is 1. The molecule has 1 unspecified atom stereocenters. The Morgan fingerprint density at radius 3 is 1.88 bits per heavy atom. The van der Waals surface area contributed by atoms with Crippen LogP contribution in [-0.2, 0) is 37.6 Å². The van der Waals surface area contributed by atoms with Gasteiger partial charge in [0.1, 0.15) is 18.8 Å². The van der Waals surface area contributed by atoms with Crippen molar-refractivity contribution in [3.05, 3.63) is 162 Å². The number of aromatic nitrogens is 2. The zero-order valence-electron chi connectivity index (χ0n) is 27.1. The molecule has 5 aromatic rings. The lowest BCUT2D eigenvalue weighted by Crippen LogP contribution is -2.45. The Balaban J connectivity index is 1.37. The Morgan fingerprint density at radius 2 is 1.35 bits per heavy atom. The van der Waals surface area contributed by atoms with Crippen LogP contribution in [-0.4, -0.2) is 45.1 Å². The third-order valence-electron chi connectivity index (χ3n) is 8.97. The molecule has 6 rings (SSSR count). The molecular formula is C40H39N3O5. The maximum absolute atomic E-state index is 14.1. The second-order valence-corrected chi connectivity index (χ2v) is 12.4. The quantitative estimate of drug-likeness (QED) is 0.107. The van der Waals surface area contributed by atoms with E-state index in [0.29, 0.717) is 5.69 Å². The van der Waals surface area contributed by atoms with Crippen LogP contribution in [0.5, 0.6) is 0 Å². The van der Waals surface area contributed by atoms with Crippen molar-refractivity contribution in [2.45, 2.75) is 44.9 Å². The maximum Gasteiger partial charge on any atom is 0.416 e.